The molecule has 1 aliphatic carbocycles. The Hall–Kier alpha value is -2.10. The molecule has 0 radical (unpaired) electrons. The molecule has 4 nitrogen and oxygen atoms in total. The number of aromatic nitrogens is 1. The van der Waals surface area contributed by atoms with Crippen molar-refractivity contribution in [2.45, 2.75) is 51.0 Å². The van der Waals surface area contributed by atoms with Gasteiger partial charge < -0.3 is 9.42 Å². The molecule has 2 fully saturated rings. The fourth-order valence-electron chi connectivity index (χ4n) is 3.49. The first kappa shape index (κ1) is 14.5. The summed E-state index contributed by atoms with van der Waals surface area (Å²) in [6.07, 6.45) is 3.30. The first-order valence-corrected chi connectivity index (χ1v) is 8.46. The zero-order valence-corrected chi connectivity index (χ0v) is 13.7. The maximum absolute atomic E-state index is 12.7. The third-order valence-electron chi connectivity index (χ3n) is 5.11. The summed E-state index contributed by atoms with van der Waals surface area (Å²) in [5, 5.41) is 4.00. The second kappa shape index (κ2) is 5.52. The molecule has 2 heterocycles. The summed E-state index contributed by atoms with van der Waals surface area (Å²) in [5.74, 6) is 1.77. The van der Waals surface area contributed by atoms with Gasteiger partial charge in [0.1, 0.15) is 5.76 Å². The van der Waals surface area contributed by atoms with Crippen molar-refractivity contribution in [1.82, 2.24) is 10.1 Å². The molecule has 120 valence electrons. The standard InChI is InChI=1S/C19H22N2O2/c1-12-3-5-14(6-4-12)16-9-13(2)21(11-16)19(22)17-10-18(23-20-17)15-7-8-15/h3-6,10,13,15-16H,7-9,11H2,1-2H3/t13-,16-/m0/s1. The fraction of sp³-hybridized carbons (Fsp3) is 0.474. The lowest BCUT2D eigenvalue weighted by Crippen LogP contribution is -2.34. The number of benzene rings is 1. The molecule has 23 heavy (non-hydrogen) atoms. The summed E-state index contributed by atoms with van der Waals surface area (Å²) in [4.78, 5) is 14.7. The van der Waals surface area contributed by atoms with Gasteiger partial charge in [-0.2, -0.15) is 0 Å². The molecule has 2 aromatic rings. The van der Waals surface area contributed by atoms with Crippen LogP contribution < -0.4 is 0 Å². The van der Waals surface area contributed by atoms with Crippen molar-refractivity contribution in [1.29, 1.82) is 0 Å². The Morgan fingerprint density at radius 3 is 2.65 bits per heavy atom. The minimum Gasteiger partial charge on any atom is -0.360 e. The number of carbonyl (C=O) groups excluding carboxylic acids is 1. The monoisotopic (exact) mass is 310 g/mol. The Morgan fingerprint density at radius 1 is 1.22 bits per heavy atom. The normalized spacial score (nSPS) is 24.2. The molecule has 1 saturated carbocycles. The van der Waals surface area contributed by atoms with Crippen LogP contribution in [-0.2, 0) is 0 Å². The van der Waals surface area contributed by atoms with Crippen molar-refractivity contribution in [2.24, 2.45) is 0 Å². The van der Waals surface area contributed by atoms with E-state index in [0.29, 0.717) is 17.5 Å². The number of aryl methyl sites for hydroxylation is 1. The van der Waals surface area contributed by atoms with Gasteiger partial charge in [-0.25, -0.2) is 0 Å². The first-order chi connectivity index (χ1) is 11.1. The summed E-state index contributed by atoms with van der Waals surface area (Å²) in [6.45, 7) is 4.97. The molecular weight excluding hydrogens is 288 g/mol. The molecule has 1 aromatic heterocycles. The molecule has 0 unspecified atom stereocenters. The quantitative estimate of drug-likeness (QED) is 0.864. The minimum atomic E-state index is 0.00256. The SMILES string of the molecule is Cc1ccc([C@H]2C[C@H](C)N(C(=O)c3cc(C4CC4)on3)C2)cc1. The van der Waals surface area contributed by atoms with E-state index < -0.39 is 0 Å². The van der Waals surface area contributed by atoms with E-state index >= 15 is 0 Å². The van der Waals surface area contributed by atoms with Crippen LogP contribution in [0, 0.1) is 6.92 Å². The lowest BCUT2D eigenvalue weighted by atomic mass is 9.96. The summed E-state index contributed by atoms with van der Waals surface area (Å²) < 4.78 is 5.33. The van der Waals surface area contributed by atoms with Crippen LogP contribution in [0.2, 0.25) is 0 Å². The molecule has 1 aliphatic heterocycles. The van der Waals surface area contributed by atoms with E-state index in [9.17, 15) is 4.79 Å². The predicted octanol–water partition coefficient (Wildman–Crippen LogP) is 3.88. The Balaban J connectivity index is 1.49. The highest BCUT2D eigenvalue weighted by Crippen LogP contribution is 2.40. The Labute approximate surface area is 136 Å². The number of nitrogens with zero attached hydrogens (tertiary/aromatic N) is 2. The van der Waals surface area contributed by atoms with E-state index in [2.05, 4.69) is 43.3 Å². The third-order valence-corrected chi connectivity index (χ3v) is 5.11. The average molecular weight is 310 g/mol. The molecule has 2 atom stereocenters. The third kappa shape index (κ3) is 2.78. The minimum absolute atomic E-state index is 0.00256. The molecule has 1 aromatic carbocycles. The summed E-state index contributed by atoms with van der Waals surface area (Å²) in [7, 11) is 0. The molecule has 0 spiro atoms. The Bertz CT molecular complexity index is 715. The van der Waals surface area contributed by atoms with E-state index in [0.717, 1.165) is 31.6 Å². The van der Waals surface area contributed by atoms with E-state index in [-0.39, 0.29) is 11.9 Å². The highest BCUT2D eigenvalue weighted by atomic mass is 16.5. The van der Waals surface area contributed by atoms with E-state index in [1.807, 2.05) is 11.0 Å². The maximum atomic E-state index is 12.7. The Morgan fingerprint density at radius 2 is 1.96 bits per heavy atom. The largest absolute Gasteiger partial charge is 0.360 e. The van der Waals surface area contributed by atoms with E-state index in [1.165, 1.54) is 11.1 Å². The van der Waals surface area contributed by atoms with Crippen molar-refractivity contribution in [3.8, 4) is 0 Å². The maximum Gasteiger partial charge on any atom is 0.276 e. The van der Waals surface area contributed by atoms with Crippen LogP contribution in [0.1, 0.15) is 65.4 Å². The van der Waals surface area contributed by atoms with Gasteiger partial charge >= 0.3 is 0 Å². The zero-order valence-electron chi connectivity index (χ0n) is 13.7. The van der Waals surface area contributed by atoms with Crippen molar-refractivity contribution in [2.75, 3.05) is 6.54 Å². The van der Waals surface area contributed by atoms with Gasteiger partial charge in [0.05, 0.1) is 0 Å². The number of carbonyl (C=O) groups is 1. The molecule has 0 N–H and O–H groups in total. The van der Waals surface area contributed by atoms with Gasteiger partial charge in [0.25, 0.3) is 5.91 Å². The van der Waals surface area contributed by atoms with Crippen molar-refractivity contribution >= 4 is 5.91 Å². The topological polar surface area (TPSA) is 46.3 Å². The average Bonchev–Trinajstić information content (AvgIpc) is 3.15. The first-order valence-electron chi connectivity index (χ1n) is 8.46. The molecular formula is C19H22N2O2. The van der Waals surface area contributed by atoms with E-state index in [1.54, 1.807) is 0 Å². The summed E-state index contributed by atoms with van der Waals surface area (Å²) in [5.41, 5.74) is 3.04. The van der Waals surface area contributed by atoms with Crippen molar-refractivity contribution in [3.63, 3.8) is 0 Å². The van der Waals surface area contributed by atoms with Crippen molar-refractivity contribution in [3.05, 3.63) is 52.9 Å². The van der Waals surface area contributed by atoms with Crippen LogP contribution in [-0.4, -0.2) is 28.6 Å². The molecule has 1 saturated heterocycles. The van der Waals surface area contributed by atoms with Crippen LogP contribution in [0.5, 0.6) is 0 Å². The molecule has 4 rings (SSSR count). The highest BCUT2D eigenvalue weighted by molar-refractivity contribution is 5.92. The zero-order chi connectivity index (χ0) is 16.0. The van der Waals surface area contributed by atoms with Gasteiger partial charge in [-0.05, 0) is 38.7 Å². The lowest BCUT2D eigenvalue weighted by Gasteiger charge is -2.19. The number of likely N-dealkylation sites (tertiary alicyclic amines) is 1. The van der Waals surface area contributed by atoms with Crippen molar-refractivity contribution < 1.29 is 9.32 Å². The lowest BCUT2D eigenvalue weighted by molar-refractivity contribution is 0.0735. The molecule has 2 aliphatic rings. The molecule has 4 heteroatoms. The fourth-order valence-corrected chi connectivity index (χ4v) is 3.49. The van der Waals surface area contributed by atoms with Gasteiger partial charge in [-0.15, -0.1) is 0 Å². The van der Waals surface area contributed by atoms with Gasteiger partial charge in [-0.3, -0.25) is 4.79 Å². The number of hydrogen-bond donors (Lipinski definition) is 0. The number of hydrogen-bond acceptors (Lipinski definition) is 3. The Kier molecular flexibility index (Phi) is 3.47. The molecule has 1 amide bonds. The second-order valence-corrected chi connectivity index (χ2v) is 7.04. The van der Waals surface area contributed by atoms with Crippen LogP contribution >= 0.6 is 0 Å². The van der Waals surface area contributed by atoms with Crippen LogP contribution in [0.15, 0.2) is 34.9 Å². The number of rotatable bonds is 3. The van der Waals surface area contributed by atoms with Gasteiger partial charge in [0.15, 0.2) is 5.69 Å². The van der Waals surface area contributed by atoms with Crippen LogP contribution in [0.3, 0.4) is 0 Å². The van der Waals surface area contributed by atoms with Crippen LogP contribution in [0.25, 0.3) is 0 Å². The van der Waals surface area contributed by atoms with Gasteiger partial charge in [-0.1, -0.05) is 35.0 Å². The highest BCUT2D eigenvalue weighted by Gasteiger charge is 2.36. The predicted molar refractivity (Wildman–Crippen MR) is 87.5 cm³/mol. The smallest absolute Gasteiger partial charge is 0.276 e. The van der Waals surface area contributed by atoms with Gasteiger partial charge in [0, 0.05) is 30.5 Å². The summed E-state index contributed by atoms with van der Waals surface area (Å²) in [6, 6.07) is 10.7. The molecule has 0 bridgehead atoms. The summed E-state index contributed by atoms with van der Waals surface area (Å²) >= 11 is 0. The van der Waals surface area contributed by atoms with E-state index in [4.69, 9.17) is 4.52 Å². The number of amides is 1. The van der Waals surface area contributed by atoms with Crippen LogP contribution in [0.4, 0.5) is 0 Å². The van der Waals surface area contributed by atoms with Gasteiger partial charge in [0.2, 0.25) is 0 Å². The second-order valence-electron chi connectivity index (χ2n) is 7.04.